The van der Waals surface area contributed by atoms with E-state index in [2.05, 4.69) is 4.74 Å². The van der Waals surface area contributed by atoms with Crippen LogP contribution in [0.5, 0.6) is 0 Å². The minimum absolute atomic E-state index is 0.199. The van der Waals surface area contributed by atoms with Crippen LogP contribution < -0.4 is 5.73 Å². The van der Waals surface area contributed by atoms with E-state index in [0.29, 0.717) is 13.1 Å². The Hall–Kier alpha value is -1.10. The first-order valence-electron chi connectivity index (χ1n) is 4.59. The van der Waals surface area contributed by atoms with Crippen molar-refractivity contribution < 1.29 is 14.3 Å². The highest BCUT2D eigenvalue weighted by atomic mass is 16.5. The Labute approximate surface area is 84.2 Å². The molecule has 0 saturated heterocycles. The van der Waals surface area contributed by atoms with Crippen LogP contribution in [0.1, 0.15) is 13.8 Å². The Morgan fingerprint density at radius 2 is 2.07 bits per heavy atom. The Balaban J connectivity index is 4.02. The van der Waals surface area contributed by atoms with Gasteiger partial charge in [-0.05, 0) is 6.54 Å². The lowest BCUT2D eigenvalue weighted by Crippen LogP contribution is -2.38. The quantitative estimate of drug-likeness (QED) is 0.595. The second kappa shape index (κ2) is 6.37. The Bertz CT molecular complexity index is 206. The van der Waals surface area contributed by atoms with Gasteiger partial charge in [0.25, 0.3) is 0 Å². The summed E-state index contributed by atoms with van der Waals surface area (Å²) in [6, 6.07) is 0. The molecule has 0 fully saturated rings. The van der Waals surface area contributed by atoms with E-state index in [1.165, 1.54) is 7.11 Å². The van der Waals surface area contributed by atoms with E-state index in [9.17, 15) is 9.59 Å². The number of esters is 1. The summed E-state index contributed by atoms with van der Waals surface area (Å²) in [5.74, 6) is -0.906. The Morgan fingerprint density at radius 1 is 1.50 bits per heavy atom. The fourth-order valence-electron chi connectivity index (χ4n) is 1.03. The molecule has 0 spiro atoms. The first-order valence-corrected chi connectivity index (χ1v) is 4.59. The van der Waals surface area contributed by atoms with Crippen molar-refractivity contribution in [2.75, 3.05) is 26.7 Å². The van der Waals surface area contributed by atoms with Crippen LogP contribution in [0, 0.1) is 5.92 Å². The van der Waals surface area contributed by atoms with E-state index in [4.69, 9.17) is 5.73 Å². The molecule has 0 aliphatic carbocycles. The Kier molecular flexibility index (Phi) is 5.87. The van der Waals surface area contributed by atoms with Gasteiger partial charge in [-0.15, -0.1) is 0 Å². The number of carbonyl (C=O) groups is 2. The maximum atomic E-state index is 11.0. The van der Waals surface area contributed by atoms with Crippen molar-refractivity contribution in [1.29, 1.82) is 0 Å². The first kappa shape index (κ1) is 12.9. The lowest BCUT2D eigenvalue weighted by atomic mass is 10.1. The normalized spacial score (nSPS) is 12.6. The molecule has 14 heavy (non-hydrogen) atoms. The smallest absolute Gasteiger partial charge is 0.319 e. The summed E-state index contributed by atoms with van der Waals surface area (Å²) < 4.78 is 4.53. The molecule has 0 aromatic heterocycles. The van der Waals surface area contributed by atoms with Crippen LogP contribution in [0.15, 0.2) is 0 Å². The third-order valence-corrected chi connectivity index (χ3v) is 2.05. The molecular weight excluding hydrogens is 184 g/mol. The van der Waals surface area contributed by atoms with Gasteiger partial charge in [-0.1, -0.05) is 13.8 Å². The maximum Gasteiger partial charge on any atom is 0.319 e. The fraction of sp³-hybridized carbons (Fsp3) is 0.778. The minimum Gasteiger partial charge on any atom is -0.468 e. The molecule has 5 nitrogen and oxygen atoms in total. The van der Waals surface area contributed by atoms with Crippen molar-refractivity contribution in [3.05, 3.63) is 0 Å². The number of hydrogen-bond acceptors (Lipinski definition) is 4. The average Bonchev–Trinajstić information content (AvgIpc) is 2.16. The zero-order valence-electron chi connectivity index (χ0n) is 8.95. The van der Waals surface area contributed by atoms with Gasteiger partial charge in [-0.2, -0.15) is 0 Å². The van der Waals surface area contributed by atoms with E-state index >= 15 is 0 Å². The van der Waals surface area contributed by atoms with Gasteiger partial charge in [-0.25, -0.2) is 0 Å². The van der Waals surface area contributed by atoms with E-state index in [-0.39, 0.29) is 24.3 Å². The SMILES string of the molecule is CCN(CC(=O)OC)CC(C)C(N)=O. The topological polar surface area (TPSA) is 72.6 Å². The van der Waals surface area contributed by atoms with Gasteiger partial charge in [-0.3, -0.25) is 14.5 Å². The highest BCUT2D eigenvalue weighted by molar-refractivity contribution is 5.76. The van der Waals surface area contributed by atoms with Crippen molar-refractivity contribution >= 4 is 11.9 Å². The Morgan fingerprint density at radius 3 is 2.43 bits per heavy atom. The summed E-state index contributed by atoms with van der Waals surface area (Å²) in [7, 11) is 1.34. The van der Waals surface area contributed by atoms with Crippen molar-refractivity contribution in [1.82, 2.24) is 4.90 Å². The van der Waals surface area contributed by atoms with Crippen molar-refractivity contribution in [3.63, 3.8) is 0 Å². The number of nitrogens with zero attached hydrogens (tertiary/aromatic N) is 1. The summed E-state index contributed by atoms with van der Waals surface area (Å²) in [5.41, 5.74) is 5.12. The number of hydrogen-bond donors (Lipinski definition) is 1. The van der Waals surface area contributed by atoms with Crippen molar-refractivity contribution in [3.8, 4) is 0 Å². The summed E-state index contributed by atoms with van der Waals surface area (Å²) in [4.78, 5) is 23.6. The number of rotatable bonds is 6. The van der Waals surface area contributed by atoms with Gasteiger partial charge in [0.1, 0.15) is 0 Å². The van der Waals surface area contributed by atoms with Crippen LogP contribution >= 0.6 is 0 Å². The summed E-state index contributed by atoms with van der Waals surface area (Å²) in [6.45, 7) is 5.02. The molecule has 1 amide bonds. The minimum atomic E-state index is -0.353. The van der Waals surface area contributed by atoms with Gasteiger partial charge < -0.3 is 10.5 Å². The van der Waals surface area contributed by atoms with Gasteiger partial charge in [0.15, 0.2) is 0 Å². The lowest BCUT2D eigenvalue weighted by Gasteiger charge is -2.21. The molecule has 0 radical (unpaired) electrons. The standard InChI is InChI=1S/C9H18N2O3/c1-4-11(6-8(12)14-3)5-7(2)9(10)13/h7H,4-6H2,1-3H3,(H2,10,13). The summed E-state index contributed by atoms with van der Waals surface area (Å²) >= 11 is 0. The number of amides is 1. The summed E-state index contributed by atoms with van der Waals surface area (Å²) in [6.07, 6.45) is 0. The number of carbonyl (C=O) groups excluding carboxylic acids is 2. The van der Waals surface area contributed by atoms with Crippen molar-refractivity contribution in [2.45, 2.75) is 13.8 Å². The van der Waals surface area contributed by atoms with Crippen LogP contribution in [-0.4, -0.2) is 43.5 Å². The van der Waals surface area contributed by atoms with E-state index in [1.807, 2.05) is 11.8 Å². The lowest BCUT2D eigenvalue weighted by molar-refractivity contribution is -0.142. The number of ether oxygens (including phenoxy) is 1. The maximum absolute atomic E-state index is 11.0. The van der Waals surface area contributed by atoms with Crippen LogP contribution in [0.25, 0.3) is 0 Å². The fourth-order valence-corrected chi connectivity index (χ4v) is 1.03. The van der Waals surface area contributed by atoms with Crippen molar-refractivity contribution in [2.24, 2.45) is 11.7 Å². The zero-order valence-corrected chi connectivity index (χ0v) is 8.95. The largest absolute Gasteiger partial charge is 0.468 e. The predicted octanol–water partition coefficient (Wildman–Crippen LogP) is -0.397. The van der Waals surface area contributed by atoms with Gasteiger partial charge in [0.2, 0.25) is 5.91 Å². The molecule has 0 aromatic carbocycles. The average molecular weight is 202 g/mol. The molecule has 0 rings (SSSR count). The molecule has 0 bridgehead atoms. The summed E-state index contributed by atoms with van der Waals surface area (Å²) in [5, 5.41) is 0. The number of nitrogens with two attached hydrogens (primary N) is 1. The van der Waals surface area contributed by atoms with Crippen LogP contribution in [-0.2, 0) is 14.3 Å². The molecule has 1 unspecified atom stereocenters. The van der Waals surface area contributed by atoms with Gasteiger partial charge in [0, 0.05) is 12.5 Å². The molecule has 0 aromatic rings. The van der Waals surface area contributed by atoms with Crippen LogP contribution in [0.4, 0.5) is 0 Å². The number of primary amides is 1. The van der Waals surface area contributed by atoms with Gasteiger partial charge >= 0.3 is 5.97 Å². The molecule has 82 valence electrons. The highest BCUT2D eigenvalue weighted by Gasteiger charge is 2.15. The molecule has 5 heteroatoms. The molecule has 0 aliphatic heterocycles. The predicted molar refractivity (Wildman–Crippen MR) is 52.5 cm³/mol. The van der Waals surface area contributed by atoms with E-state index < -0.39 is 0 Å². The molecule has 2 N–H and O–H groups in total. The monoisotopic (exact) mass is 202 g/mol. The van der Waals surface area contributed by atoms with Crippen LogP contribution in [0.2, 0.25) is 0 Å². The second-order valence-corrected chi connectivity index (χ2v) is 3.21. The molecule has 0 saturated carbocycles. The third-order valence-electron chi connectivity index (χ3n) is 2.05. The molecule has 0 aliphatic rings. The molecule has 0 heterocycles. The molecule has 1 atom stereocenters. The first-order chi connectivity index (χ1) is 6.51. The van der Waals surface area contributed by atoms with E-state index in [0.717, 1.165) is 0 Å². The zero-order chi connectivity index (χ0) is 11.1. The van der Waals surface area contributed by atoms with Crippen LogP contribution in [0.3, 0.4) is 0 Å². The van der Waals surface area contributed by atoms with E-state index in [1.54, 1.807) is 6.92 Å². The number of likely N-dealkylation sites (N-methyl/N-ethyl adjacent to an activating group) is 1. The third kappa shape index (κ3) is 4.81. The highest BCUT2D eigenvalue weighted by Crippen LogP contribution is 1.99. The van der Waals surface area contributed by atoms with Gasteiger partial charge in [0.05, 0.1) is 13.7 Å². The molecular formula is C9H18N2O3. The number of methoxy groups -OCH3 is 1. The second-order valence-electron chi connectivity index (χ2n) is 3.21.